The van der Waals surface area contributed by atoms with Gasteiger partial charge >= 0.3 is 0 Å². The highest BCUT2D eigenvalue weighted by molar-refractivity contribution is 6.18. The molecular weight excluding hydrogens is 148 g/mol. The van der Waals surface area contributed by atoms with Crippen LogP contribution < -0.4 is 0 Å². The standard InChI is InChI=1S/C8H15ClO/c1-2-3-4-5-7-8(6-9)10-7/h7-8H,2-6H2,1H3/t7-,8+/m0/s1. The Kier molecular flexibility index (Phi) is 3.50. The molecule has 0 aromatic heterocycles. The lowest BCUT2D eigenvalue weighted by Crippen LogP contribution is -1.94. The smallest absolute Gasteiger partial charge is 0.0976 e. The average molecular weight is 163 g/mol. The minimum Gasteiger partial charge on any atom is -0.368 e. The van der Waals surface area contributed by atoms with E-state index < -0.39 is 0 Å². The first-order valence-corrected chi connectivity index (χ1v) is 4.63. The molecule has 0 aliphatic carbocycles. The Morgan fingerprint density at radius 3 is 2.60 bits per heavy atom. The maximum Gasteiger partial charge on any atom is 0.0976 e. The summed E-state index contributed by atoms with van der Waals surface area (Å²) in [4.78, 5) is 0. The number of halogens is 1. The normalized spacial score (nSPS) is 30.6. The van der Waals surface area contributed by atoms with Gasteiger partial charge in [0, 0.05) is 0 Å². The van der Waals surface area contributed by atoms with E-state index in [1.54, 1.807) is 0 Å². The van der Waals surface area contributed by atoms with Gasteiger partial charge in [0.25, 0.3) is 0 Å². The van der Waals surface area contributed by atoms with Crippen molar-refractivity contribution in [1.82, 2.24) is 0 Å². The molecule has 0 unspecified atom stereocenters. The van der Waals surface area contributed by atoms with Crippen LogP contribution in [-0.4, -0.2) is 18.1 Å². The van der Waals surface area contributed by atoms with E-state index >= 15 is 0 Å². The number of hydrogen-bond donors (Lipinski definition) is 0. The largest absolute Gasteiger partial charge is 0.368 e. The molecule has 0 saturated carbocycles. The number of hydrogen-bond acceptors (Lipinski definition) is 1. The predicted octanol–water partition coefficient (Wildman–Crippen LogP) is 2.57. The van der Waals surface area contributed by atoms with Crippen molar-refractivity contribution in [2.45, 2.75) is 44.8 Å². The molecule has 1 fully saturated rings. The van der Waals surface area contributed by atoms with E-state index in [1.165, 1.54) is 25.7 Å². The van der Waals surface area contributed by atoms with Crippen molar-refractivity contribution in [3.8, 4) is 0 Å². The Hall–Kier alpha value is 0.250. The molecule has 0 aromatic carbocycles. The fourth-order valence-corrected chi connectivity index (χ4v) is 1.44. The van der Waals surface area contributed by atoms with Crippen LogP contribution in [0.3, 0.4) is 0 Å². The van der Waals surface area contributed by atoms with Gasteiger partial charge in [-0.15, -0.1) is 11.6 Å². The van der Waals surface area contributed by atoms with Crippen molar-refractivity contribution in [2.75, 3.05) is 5.88 Å². The van der Waals surface area contributed by atoms with E-state index in [0.717, 1.165) is 0 Å². The highest BCUT2D eigenvalue weighted by atomic mass is 35.5. The Morgan fingerprint density at radius 2 is 2.10 bits per heavy atom. The molecule has 0 bridgehead atoms. The summed E-state index contributed by atoms with van der Waals surface area (Å²) in [6.45, 7) is 2.22. The van der Waals surface area contributed by atoms with Crippen LogP contribution >= 0.6 is 11.6 Å². The summed E-state index contributed by atoms with van der Waals surface area (Å²) in [6, 6.07) is 0. The van der Waals surface area contributed by atoms with E-state index in [4.69, 9.17) is 16.3 Å². The van der Waals surface area contributed by atoms with E-state index in [0.29, 0.717) is 18.1 Å². The van der Waals surface area contributed by atoms with Crippen molar-refractivity contribution < 1.29 is 4.74 Å². The molecule has 1 nitrogen and oxygen atoms in total. The van der Waals surface area contributed by atoms with Gasteiger partial charge in [-0.05, 0) is 6.42 Å². The lowest BCUT2D eigenvalue weighted by Gasteiger charge is -1.92. The Balaban J connectivity index is 1.87. The van der Waals surface area contributed by atoms with Crippen LogP contribution in [0.15, 0.2) is 0 Å². The molecule has 1 heterocycles. The number of unbranched alkanes of at least 4 members (excludes halogenated alkanes) is 2. The molecule has 1 aliphatic rings. The lowest BCUT2D eigenvalue weighted by atomic mass is 10.1. The van der Waals surface area contributed by atoms with Gasteiger partial charge < -0.3 is 4.74 Å². The summed E-state index contributed by atoms with van der Waals surface area (Å²) in [5, 5.41) is 0. The number of epoxide rings is 1. The second kappa shape index (κ2) is 4.20. The molecule has 2 heteroatoms. The quantitative estimate of drug-likeness (QED) is 0.344. The van der Waals surface area contributed by atoms with Gasteiger partial charge in [-0.1, -0.05) is 26.2 Å². The molecule has 2 atom stereocenters. The first kappa shape index (κ1) is 8.35. The monoisotopic (exact) mass is 162 g/mol. The van der Waals surface area contributed by atoms with Crippen molar-refractivity contribution in [2.24, 2.45) is 0 Å². The molecule has 0 amide bonds. The molecule has 0 radical (unpaired) electrons. The minimum absolute atomic E-state index is 0.388. The van der Waals surface area contributed by atoms with Crippen LogP contribution in [0.25, 0.3) is 0 Å². The van der Waals surface area contributed by atoms with Crippen LogP contribution in [0.4, 0.5) is 0 Å². The summed E-state index contributed by atoms with van der Waals surface area (Å²) in [6.07, 6.45) is 6.02. The summed E-state index contributed by atoms with van der Waals surface area (Å²) < 4.78 is 5.28. The van der Waals surface area contributed by atoms with Gasteiger partial charge in [-0.2, -0.15) is 0 Å². The number of ether oxygens (including phenoxy) is 1. The third-order valence-corrected chi connectivity index (χ3v) is 2.24. The predicted molar refractivity (Wildman–Crippen MR) is 43.5 cm³/mol. The van der Waals surface area contributed by atoms with Gasteiger partial charge in [0.05, 0.1) is 18.1 Å². The fraction of sp³-hybridized carbons (Fsp3) is 1.00. The van der Waals surface area contributed by atoms with Crippen LogP contribution in [0.1, 0.15) is 32.6 Å². The second-order valence-electron chi connectivity index (χ2n) is 2.86. The zero-order valence-corrected chi connectivity index (χ0v) is 7.23. The third kappa shape index (κ3) is 2.47. The molecular formula is C8H15ClO. The maximum absolute atomic E-state index is 5.58. The first-order valence-electron chi connectivity index (χ1n) is 4.10. The summed E-state index contributed by atoms with van der Waals surface area (Å²) in [7, 11) is 0. The SMILES string of the molecule is CCCCC[C@@H]1O[C@@H]1CCl. The van der Waals surface area contributed by atoms with Gasteiger partial charge in [-0.25, -0.2) is 0 Å². The molecule has 0 N–H and O–H groups in total. The second-order valence-corrected chi connectivity index (χ2v) is 3.17. The van der Waals surface area contributed by atoms with Crippen molar-refractivity contribution >= 4 is 11.6 Å². The third-order valence-electron chi connectivity index (χ3n) is 1.93. The summed E-state index contributed by atoms with van der Waals surface area (Å²) >= 11 is 5.58. The van der Waals surface area contributed by atoms with E-state index in [1.807, 2.05) is 0 Å². The zero-order valence-electron chi connectivity index (χ0n) is 6.48. The molecule has 10 heavy (non-hydrogen) atoms. The molecule has 1 aliphatic heterocycles. The molecule has 0 spiro atoms. The fourth-order valence-electron chi connectivity index (χ4n) is 1.16. The Bertz CT molecular complexity index is 95.3. The lowest BCUT2D eigenvalue weighted by molar-refractivity contribution is 0.366. The average Bonchev–Trinajstić information content (AvgIpc) is 2.68. The molecule has 1 rings (SSSR count). The topological polar surface area (TPSA) is 12.5 Å². The van der Waals surface area contributed by atoms with Crippen LogP contribution in [0, 0.1) is 0 Å². The Labute approximate surface area is 67.7 Å². The molecule has 0 aromatic rings. The van der Waals surface area contributed by atoms with Crippen LogP contribution in [-0.2, 0) is 4.74 Å². The van der Waals surface area contributed by atoms with Gasteiger partial charge in [0.2, 0.25) is 0 Å². The van der Waals surface area contributed by atoms with Crippen LogP contribution in [0.2, 0.25) is 0 Å². The molecule has 1 saturated heterocycles. The first-order chi connectivity index (χ1) is 4.88. The van der Waals surface area contributed by atoms with E-state index in [2.05, 4.69) is 6.92 Å². The van der Waals surface area contributed by atoms with Crippen molar-refractivity contribution in [3.05, 3.63) is 0 Å². The van der Waals surface area contributed by atoms with E-state index in [9.17, 15) is 0 Å². The Morgan fingerprint density at radius 1 is 1.30 bits per heavy atom. The van der Waals surface area contributed by atoms with Crippen LogP contribution in [0.5, 0.6) is 0 Å². The highest BCUT2D eigenvalue weighted by Gasteiger charge is 2.36. The van der Waals surface area contributed by atoms with E-state index in [-0.39, 0.29) is 0 Å². The number of rotatable bonds is 5. The van der Waals surface area contributed by atoms with Crippen molar-refractivity contribution in [3.63, 3.8) is 0 Å². The van der Waals surface area contributed by atoms with Gasteiger partial charge in [-0.3, -0.25) is 0 Å². The van der Waals surface area contributed by atoms with Crippen molar-refractivity contribution in [1.29, 1.82) is 0 Å². The zero-order chi connectivity index (χ0) is 7.40. The summed E-state index contributed by atoms with van der Waals surface area (Å²) in [5.74, 6) is 0.677. The highest BCUT2D eigenvalue weighted by Crippen LogP contribution is 2.27. The minimum atomic E-state index is 0.388. The van der Waals surface area contributed by atoms with Gasteiger partial charge in [0.1, 0.15) is 0 Å². The maximum atomic E-state index is 5.58. The summed E-state index contributed by atoms with van der Waals surface area (Å²) in [5.41, 5.74) is 0. The molecule has 60 valence electrons. The number of alkyl halides is 1. The van der Waals surface area contributed by atoms with Gasteiger partial charge in [0.15, 0.2) is 0 Å².